The molecule has 0 radical (unpaired) electrons. The molecule has 0 N–H and O–H groups in total. The third-order valence-corrected chi connectivity index (χ3v) is 532. The molecule has 0 aliphatic heterocycles. The van der Waals surface area contributed by atoms with Crippen molar-refractivity contribution in [2.24, 2.45) is 0 Å². The number of thiophene rings is 1. The average Bonchev–Trinajstić information content (AvgIpc) is 1.59. The zero-order chi connectivity index (χ0) is 91.7. The van der Waals surface area contributed by atoms with Crippen molar-refractivity contribution in [1.82, 2.24) is 0 Å². The molecule has 10 rings (SSSR count). The predicted octanol–water partition coefficient (Wildman–Crippen LogP) is 56.6. The number of anilines is 3. The van der Waals surface area contributed by atoms with E-state index >= 15 is 0 Å². The first kappa shape index (κ1) is 132. The average molecular weight is 3000 g/mol. The number of hydrogen-bond donors (Lipinski definition) is 0. The standard InChI is InChI=1S/C48H37NS.H75P73/c1-47(2)41-14-8-5-11-35(41)38-28-33(22-24-43(38)47)49(34-23-25-44-39(29-34)36-12-6-9-15-42(36)48(44,3)4)32-20-17-30(18-21-32)31-19-26-46-40(27-31)37-13-7-10-16-45(37)50-46;1-38-57(39(2)3)66(56(36)37)71(67(58(40(4)5)41(6)7)59(42(8)9)43(10)11)73(70(64(52(28)29)53(30)31)65(54(32)33)55(34)35)72(68(60(44(12)13)45(14)15)61(46(16)17)47(18)19)69(62(48(20)21)49(22)23)63(50(24)25)51(26)27/h5-29H,1-4H3;38H,1-37H2. The summed E-state index contributed by atoms with van der Waals surface area (Å²) >= 11 is 1.87. The van der Waals surface area contributed by atoms with Gasteiger partial charge >= 0.3 is 0 Å². The molecule has 7 aromatic carbocycles. The second kappa shape index (κ2) is 63.7. The molecule has 2 aliphatic carbocycles. The Morgan fingerprint density at radius 1 is 0.228 bits per heavy atom. The van der Waals surface area contributed by atoms with Crippen LogP contribution in [0.5, 0.6) is 0 Å². The fraction of sp³-hybridized carbons (Fsp3) is 0.125. The first-order chi connectivity index (χ1) is 57.5. The van der Waals surface area contributed by atoms with Gasteiger partial charge in [-0.2, -0.15) is 0 Å². The van der Waals surface area contributed by atoms with Gasteiger partial charge in [-0.3, -0.25) is 0 Å². The minimum absolute atomic E-state index is 0.0331. The summed E-state index contributed by atoms with van der Waals surface area (Å²) in [5, 5.41) is 2.66. The first-order valence-corrected chi connectivity index (χ1v) is 168. The lowest BCUT2D eigenvalue weighted by Gasteiger charge is -2.62. The number of benzene rings is 7. The van der Waals surface area contributed by atoms with E-state index in [4.69, 9.17) is 0 Å². The SMILES string of the molecule is CC1(C)c2ccccc2-c2cc(N(c3ccc(-c4ccc5sc6ccccc6c5c4)cc3)c3ccc4c(c3)-c3ccccc3C4(C)C)ccc21.PPP(P(P)P)P(P(P)P)P(P(P(P(P)P)P(P)P)P(P(P)P)P(P)P)P(P(P(P(P)P)P(P)P)P(P(P)P)P(P)P)P(P(P(P(P)P)P(P)P)P(P(P)P)P(P)P)P(P(P(P)P)P(P)P)P(P(P)P)P(P)P. The van der Waals surface area contributed by atoms with Crippen LogP contribution in [0.2, 0.25) is 0 Å². The zero-order valence-corrected chi connectivity index (χ0v) is 142. The summed E-state index contributed by atoms with van der Waals surface area (Å²) in [6, 6.07) is 56.8. The van der Waals surface area contributed by atoms with Crippen LogP contribution in [0.3, 0.4) is 0 Å². The fourth-order valence-electron chi connectivity index (χ4n) is 13.3. The van der Waals surface area contributed by atoms with E-state index in [2.05, 4.69) is 515 Å². The molecule has 42 unspecified atom stereocenters. The highest BCUT2D eigenvalue weighted by Gasteiger charge is 2.64. The van der Waals surface area contributed by atoms with Gasteiger partial charge < -0.3 is 4.90 Å². The van der Waals surface area contributed by atoms with E-state index < -0.39 is 0 Å². The highest BCUT2D eigenvalue weighted by Crippen LogP contribution is 3.51. The number of rotatable bonds is 39. The van der Waals surface area contributed by atoms with Gasteiger partial charge in [0.15, 0.2) is 0 Å². The van der Waals surface area contributed by atoms with Gasteiger partial charge in [0, 0.05) is 48.1 Å². The number of hydrogen-bond acceptors (Lipinski definition) is 2. The van der Waals surface area contributed by atoms with Crippen LogP contribution in [0.15, 0.2) is 152 Å². The Kier molecular flexibility index (Phi) is 68.5. The molecule has 1 aromatic heterocycles. The topological polar surface area (TPSA) is 3.24 Å². The van der Waals surface area contributed by atoms with Crippen molar-refractivity contribution in [2.45, 2.75) is 38.5 Å². The number of nitrogens with zero attached hydrogens (tertiary/aromatic N) is 1. The van der Waals surface area contributed by atoms with E-state index in [0.717, 1.165) is 13.6 Å². The molecule has 8 aromatic rings. The molecule has 0 bridgehead atoms. The van der Waals surface area contributed by atoms with Crippen molar-refractivity contribution in [3.05, 3.63) is 174 Å². The first-order valence-electron chi connectivity index (χ1n) is 34.2. The van der Waals surface area contributed by atoms with Gasteiger partial charge in [-0.05, 0) is 355 Å². The van der Waals surface area contributed by atoms with Crippen LogP contribution in [0.1, 0.15) is 49.9 Å². The van der Waals surface area contributed by atoms with E-state index in [9.17, 15) is 0 Å². The Bertz CT molecular complexity index is 4420. The smallest absolute Gasteiger partial charge is 0.0468 e. The Balaban J connectivity index is 0.000000295. The van der Waals surface area contributed by atoms with Crippen LogP contribution < -0.4 is 4.90 Å². The van der Waals surface area contributed by atoms with Crippen LogP contribution in [-0.2, 0) is 10.8 Å². The Morgan fingerprint density at radius 2 is 0.480 bits per heavy atom. The third-order valence-electron chi connectivity index (χ3n) is 17.9. The Hall–Kier alpha value is 25.9. The normalized spacial score (nSPS) is 15.6. The lowest BCUT2D eigenvalue weighted by Crippen LogP contribution is -2.16. The van der Waals surface area contributed by atoms with Crippen LogP contribution in [-0.4, -0.2) is 0 Å². The highest BCUT2D eigenvalue weighted by molar-refractivity contribution is 9.57. The maximum absolute atomic E-state index is 3.76. The summed E-state index contributed by atoms with van der Waals surface area (Å²) in [6.07, 6.45) is 0. The van der Waals surface area contributed by atoms with Gasteiger partial charge in [-0.15, -0.1) is 342 Å². The largest absolute Gasteiger partial charge is 0.310 e. The lowest BCUT2D eigenvalue weighted by atomic mass is 9.82. The van der Waals surface area contributed by atoms with Crippen LogP contribution in [0, 0.1) is 0 Å². The maximum Gasteiger partial charge on any atom is 0.0468 e. The Labute approximate surface area is 870 Å². The molecule has 123 heavy (non-hydrogen) atoms. The van der Waals surface area contributed by atoms with Crippen molar-refractivity contribution >= 4 is 631 Å². The molecule has 2 aliphatic rings. The summed E-state index contributed by atoms with van der Waals surface area (Å²) < 4.78 is 2.67. The molecule has 75 heteroatoms. The summed E-state index contributed by atoms with van der Waals surface area (Å²) in [4.78, 5) is 2.45. The fourth-order valence-corrected chi connectivity index (χ4v) is 1080. The summed E-state index contributed by atoms with van der Waals surface area (Å²) in [5.41, 5.74) is 16.8. The molecular formula is C48H112NP73S. The summed E-state index contributed by atoms with van der Waals surface area (Å²) in [5.74, 6) is 0. The Morgan fingerprint density at radius 3 is 0.780 bits per heavy atom. The van der Waals surface area contributed by atoms with Crippen molar-refractivity contribution in [1.29, 1.82) is 0 Å². The van der Waals surface area contributed by atoms with Crippen LogP contribution in [0.4, 0.5) is 17.1 Å². The van der Waals surface area contributed by atoms with Crippen LogP contribution in [0.25, 0.3) is 53.6 Å². The van der Waals surface area contributed by atoms with Gasteiger partial charge in [-0.1, -0.05) is 133 Å². The van der Waals surface area contributed by atoms with E-state index in [1.54, 1.807) is 0 Å². The van der Waals surface area contributed by atoms with E-state index in [-0.39, 0.29) is 255 Å². The second-order valence-electron chi connectivity index (χ2n) is 26.5. The molecule has 0 fully saturated rings. The van der Waals surface area contributed by atoms with Crippen molar-refractivity contribution in [3.8, 4) is 33.4 Å². The van der Waals surface area contributed by atoms with Crippen molar-refractivity contribution < 1.29 is 0 Å². The van der Waals surface area contributed by atoms with Gasteiger partial charge in [0.2, 0.25) is 0 Å². The van der Waals surface area contributed by atoms with E-state index in [1.807, 2.05) is 11.3 Å². The van der Waals surface area contributed by atoms with E-state index in [0.29, 0.717) is 0 Å². The second-order valence-corrected chi connectivity index (χ2v) is 328. The third kappa shape index (κ3) is 34.6. The predicted molar refractivity (Wildman–Crippen MR) is 824 cm³/mol. The van der Waals surface area contributed by atoms with Gasteiger partial charge in [0.1, 0.15) is 0 Å². The maximum atomic E-state index is 3.76. The minimum atomic E-state index is -0.387. The van der Waals surface area contributed by atoms with Gasteiger partial charge in [0.05, 0.1) is 0 Å². The molecule has 0 saturated heterocycles. The highest BCUT2D eigenvalue weighted by atomic mass is 33.6. The molecule has 0 saturated carbocycles. The molecule has 0 amide bonds. The van der Waals surface area contributed by atoms with Crippen LogP contribution >= 0.6 is 594 Å². The van der Waals surface area contributed by atoms with E-state index in [1.165, 1.54) is 87.2 Å². The molecule has 42 atom stereocenters. The molecule has 1 heterocycles. The van der Waals surface area contributed by atoms with Crippen molar-refractivity contribution in [2.75, 3.05) is 4.90 Å². The molecular weight excluding hydrogens is 2880 g/mol. The van der Waals surface area contributed by atoms with Crippen molar-refractivity contribution in [3.63, 3.8) is 0 Å². The molecule has 680 valence electrons. The minimum Gasteiger partial charge on any atom is -0.310 e. The lowest BCUT2D eigenvalue weighted by molar-refractivity contribution is 0.660. The summed E-state index contributed by atoms with van der Waals surface area (Å²) in [6.45, 7) is -1.05. The number of fused-ring (bicyclic) bond motifs is 9. The van der Waals surface area contributed by atoms with Gasteiger partial charge in [0.25, 0.3) is 0 Å². The quantitative estimate of drug-likeness (QED) is 0.0347. The monoisotopic (exact) mass is 3000 g/mol. The molecule has 1 nitrogen and oxygen atoms in total. The molecule has 0 spiro atoms. The zero-order valence-electron chi connectivity index (χ0n) is 66.3. The summed E-state index contributed by atoms with van der Waals surface area (Å²) in [7, 11) is 136. The van der Waals surface area contributed by atoms with Gasteiger partial charge in [-0.25, -0.2) is 0 Å².